The summed E-state index contributed by atoms with van der Waals surface area (Å²) in [6.07, 6.45) is -0.273. The van der Waals surface area contributed by atoms with Crippen molar-refractivity contribution >= 4 is 28.8 Å². The van der Waals surface area contributed by atoms with Crippen LogP contribution in [0, 0.1) is 5.82 Å². The van der Waals surface area contributed by atoms with E-state index in [9.17, 15) is 19.1 Å². The molecule has 1 aliphatic carbocycles. The molecular weight excluding hydrogens is 449 g/mol. The summed E-state index contributed by atoms with van der Waals surface area (Å²) in [6, 6.07) is 18.5. The number of benzene rings is 3. The molecule has 0 saturated carbocycles. The molecule has 0 aliphatic heterocycles. The van der Waals surface area contributed by atoms with Gasteiger partial charge in [-0.25, -0.2) is 4.39 Å². The van der Waals surface area contributed by atoms with Crippen LogP contribution < -0.4 is 10.6 Å². The van der Waals surface area contributed by atoms with Crippen molar-refractivity contribution < 1.29 is 24.3 Å². The van der Waals surface area contributed by atoms with E-state index in [1.807, 2.05) is 35.2 Å². The van der Waals surface area contributed by atoms with Gasteiger partial charge in [-0.05, 0) is 28.8 Å². The fraction of sp³-hybridized carbons (Fsp3) is 0.148. The fourth-order valence-corrected chi connectivity index (χ4v) is 4.23. The number of carbonyl (C=O) groups is 2. The number of Topliss-reactive ketones (excluding diaryl/α,β-unsaturated/α-hetero) is 2. The van der Waals surface area contributed by atoms with Gasteiger partial charge in [0.1, 0.15) is 17.1 Å². The third kappa shape index (κ3) is 4.91. The molecule has 1 aliphatic rings. The maximum absolute atomic E-state index is 14.6. The van der Waals surface area contributed by atoms with Gasteiger partial charge in [0.25, 0.3) is 0 Å². The summed E-state index contributed by atoms with van der Waals surface area (Å²) in [7, 11) is 1.78. The molecular formula is C27H24FN3O4. The second-order valence-corrected chi connectivity index (χ2v) is 8.40. The Bertz CT molecular complexity index is 1350. The number of anilines is 1. The van der Waals surface area contributed by atoms with Crippen LogP contribution in [0.5, 0.6) is 0 Å². The highest BCUT2D eigenvalue weighted by Gasteiger charge is 2.32. The first kappa shape index (κ1) is 23.7. The normalized spacial score (nSPS) is 13.5. The lowest BCUT2D eigenvalue weighted by Crippen LogP contribution is -2.26. The van der Waals surface area contributed by atoms with E-state index < -0.39 is 23.1 Å². The lowest BCUT2D eigenvalue weighted by molar-refractivity contribution is -0.120. The monoisotopic (exact) mass is 473 g/mol. The number of hydrogen-bond donors (Lipinski definition) is 3. The van der Waals surface area contributed by atoms with Crippen LogP contribution in [0.3, 0.4) is 0 Å². The van der Waals surface area contributed by atoms with Crippen LogP contribution >= 0.6 is 0 Å². The molecule has 0 radical (unpaired) electrons. The predicted molar refractivity (Wildman–Crippen MR) is 131 cm³/mol. The SMILES string of the molecule is CN(Cc1ccccc1)c1cc(F)cc2c1CC(=O)C(C(=O)Cc1ccc(/C(N)=N/O)cc1)=C2O. The number of hydrogen-bond acceptors (Lipinski definition) is 6. The Morgan fingerprint density at radius 3 is 2.43 bits per heavy atom. The average molecular weight is 474 g/mol. The van der Waals surface area contributed by atoms with Gasteiger partial charge in [0, 0.05) is 43.2 Å². The van der Waals surface area contributed by atoms with Crippen molar-refractivity contribution in [3.05, 3.63) is 106 Å². The quantitative estimate of drug-likeness (QED) is 0.158. The van der Waals surface area contributed by atoms with E-state index >= 15 is 0 Å². The number of allylic oxidation sites excluding steroid dienone is 1. The zero-order valence-electron chi connectivity index (χ0n) is 19.0. The Labute approximate surface area is 201 Å². The number of halogens is 1. The van der Waals surface area contributed by atoms with Gasteiger partial charge >= 0.3 is 0 Å². The third-order valence-electron chi connectivity index (χ3n) is 5.97. The molecule has 0 spiro atoms. The number of fused-ring (bicyclic) bond motifs is 1. The highest BCUT2D eigenvalue weighted by atomic mass is 19.1. The summed E-state index contributed by atoms with van der Waals surface area (Å²) in [5, 5.41) is 22.6. The zero-order valence-corrected chi connectivity index (χ0v) is 19.0. The minimum absolute atomic E-state index is 0.0719. The topological polar surface area (TPSA) is 116 Å². The number of carbonyl (C=O) groups excluding carboxylic acids is 2. The molecule has 7 nitrogen and oxygen atoms in total. The number of aliphatic hydroxyl groups excluding tert-OH is 1. The van der Waals surface area contributed by atoms with E-state index in [1.165, 1.54) is 6.07 Å². The largest absolute Gasteiger partial charge is 0.506 e. The van der Waals surface area contributed by atoms with Gasteiger partial charge in [-0.1, -0.05) is 59.8 Å². The summed E-state index contributed by atoms with van der Waals surface area (Å²) in [5.41, 5.74) is 8.36. The molecule has 3 aromatic rings. The van der Waals surface area contributed by atoms with Gasteiger partial charge in [0.15, 0.2) is 17.4 Å². The second-order valence-electron chi connectivity index (χ2n) is 8.40. The van der Waals surface area contributed by atoms with Gasteiger partial charge < -0.3 is 20.9 Å². The first-order valence-electron chi connectivity index (χ1n) is 10.9. The molecule has 8 heteroatoms. The van der Waals surface area contributed by atoms with E-state index in [2.05, 4.69) is 5.16 Å². The number of rotatable bonds is 7. The lowest BCUT2D eigenvalue weighted by Gasteiger charge is -2.27. The van der Waals surface area contributed by atoms with Gasteiger partial charge in [-0.3, -0.25) is 9.59 Å². The molecule has 178 valence electrons. The number of oxime groups is 1. The molecule has 35 heavy (non-hydrogen) atoms. The Morgan fingerprint density at radius 1 is 1.09 bits per heavy atom. The molecule has 4 rings (SSSR count). The van der Waals surface area contributed by atoms with Crippen molar-refractivity contribution in [2.45, 2.75) is 19.4 Å². The van der Waals surface area contributed by atoms with Crippen LogP contribution in [0.15, 0.2) is 77.5 Å². The standard InChI is InChI=1S/C27H24FN3O4/c1-31(15-17-5-3-2-4-6-17)22-13-19(28)12-21-20(22)14-24(33)25(26(21)34)23(32)11-16-7-9-18(10-8-16)27(29)30-35/h2-10,12-13,34-35H,11,14-15H2,1H3,(H2,29,30). The minimum Gasteiger partial charge on any atom is -0.506 e. The van der Waals surface area contributed by atoms with Crippen LogP contribution in [0.1, 0.15) is 27.8 Å². The molecule has 0 bridgehead atoms. The molecule has 4 N–H and O–H groups in total. The number of nitrogens with zero attached hydrogens (tertiary/aromatic N) is 2. The summed E-state index contributed by atoms with van der Waals surface area (Å²) in [5.74, 6) is -2.25. The van der Waals surface area contributed by atoms with Crippen molar-refractivity contribution in [2.24, 2.45) is 10.9 Å². The first-order valence-corrected chi connectivity index (χ1v) is 10.9. The molecule has 0 atom stereocenters. The van der Waals surface area contributed by atoms with Crippen molar-refractivity contribution in [3.63, 3.8) is 0 Å². The molecule has 0 aromatic heterocycles. The van der Waals surface area contributed by atoms with Crippen molar-refractivity contribution in [1.82, 2.24) is 0 Å². The van der Waals surface area contributed by atoms with E-state index in [-0.39, 0.29) is 29.8 Å². The third-order valence-corrected chi connectivity index (χ3v) is 5.97. The molecule has 3 aromatic carbocycles. The van der Waals surface area contributed by atoms with E-state index in [0.29, 0.717) is 28.9 Å². The maximum Gasteiger partial charge on any atom is 0.174 e. The Morgan fingerprint density at radius 2 is 1.77 bits per heavy atom. The predicted octanol–water partition coefficient (Wildman–Crippen LogP) is 3.76. The number of aliphatic hydroxyl groups is 1. The molecule has 0 heterocycles. The van der Waals surface area contributed by atoms with Crippen molar-refractivity contribution in [2.75, 3.05) is 11.9 Å². The summed E-state index contributed by atoms with van der Waals surface area (Å²) < 4.78 is 14.6. The van der Waals surface area contributed by atoms with Crippen LogP contribution in [0.2, 0.25) is 0 Å². The first-order chi connectivity index (χ1) is 16.8. The summed E-state index contributed by atoms with van der Waals surface area (Å²) in [6.45, 7) is 0.475. The minimum atomic E-state index is -0.579. The van der Waals surface area contributed by atoms with Crippen LogP contribution in [0.25, 0.3) is 5.76 Å². The lowest BCUT2D eigenvalue weighted by atomic mass is 9.85. The van der Waals surface area contributed by atoms with Gasteiger partial charge in [-0.2, -0.15) is 0 Å². The van der Waals surface area contributed by atoms with Crippen LogP contribution in [0.4, 0.5) is 10.1 Å². The maximum atomic E-state index is 14.6. The Balaban J connectivity index is 1.64. The highest BCUT2D eigenvalue weighted by Crippen LogP contribution is 2.36. The molecule has 0 fully saturated rings. The second kappa shape index (κ2) is 9.80. The smallest absolute Gasteiger partial charge is 0.174 e. The van der Waals surface area contributed by atoms with Gasteiger partial charge in [0.05, 0.1) is 0 Å². The number of nitrogens with two attached hydrogens (primary N) is 1. The Hall–Kier alpha value is -4.46. The zero-order chi connectivity index (χ0) is 25.1. The fourth-order valence-electron chi connectivity index (χ4n) is 4.23. The van der Waals surface area contributed by atoms with E-state index in [4.69, 9.17) is 10.9 Å². The molecule has 0 amide bonds. The Kier molecular flexibility index (Phi) is 6.64. The van der Waals surface area contributed by atoms with E-state index in [0.717, 1.165) is 11.6 Å². The molecule has 0 unspecified atom stereocenters. The van der Waals surface area contributed by atoms with E-state index in [1.54, 1.807) is 31.3 Å². The van der Waals surface area contributed by atoms with Crippen molar-refractivity contribution in [3.8, 4) is 0 Å². The van der Waals surface area contributed by atoms with Crippen molar-refractivity contribution in [1.29, 1.82) is 0 Å². The average Bonchev–Trinajstić information content (AvgIpc) is 2.84. The van der Waals surface area contributed by atoms with Crippen LogP contribution in [-0.2, 0) is 29.0 Å². The van der Waals surface area contributed by atoms with Gasteiger partial charge in [-0.15, -0.1) is 0 Å². The molecule has 0 saturated heterocycles. The summed E-state index contributed by atoms with van der Waals surface area (Å²) in [4.78, 5) is 27.8. The van der Waals surface area contributed by atoms with Gasteiger partial charge in [0.2, 0.25) is 0 Å². The number of amidine groups is 1. The number of ketones is 2. The van der Waals surface area contributed by atoms with Crippen LogP contribution in [-0.4, -0.2) is 34.8 Å². The highest BCUT2D eigenvalue weighted by molar-refractivity contribution is 6.27. The summed E-state index contributed by atoms with van der Waals surface area (Å²) >= 11 is 0.